The highest BCUT2D eigenvalue weighted by atomic mass is 32.2. The van der Waals surface area contributed by atoms with Crippen LogP contribution in [0.25, 0.3) is 0 Å². The van der Waals surface area contributed by atoms with Crippen LogP contribution in [0.1, 0.15) is 11.1 Å². The molecule has 0 aromatic heterocycles. The van der Waals surface area contributed by atoms with Crippen molar-refractivity contribution in [1.82, 2.24) is 0 Å². The van der Waals surface area contributed by atoms with Crippen LogP contribution in [-0.2, 0) is 9.59 Å². The molecule has 2 aromatic carbocycles. The summed E-state index contributed by atoms with van der Waals surface area (Å²) in [5, 5.41) is 8.78. The van der Waals surface area contributed by atoms with E-state index < -0.39 is 11.8 Å². The first-order valence-corrected chi connectivity index (χ1v) is 13.7. The zero-order valence-electron chi connectivity index (χ0n) is 23.8. The standard InChI is InChI=1S/C28H39N11O2S/c1-5-18(26(41)38-21-12-15(2)10-19(29)23(21)35-6-7-36-27(31)32)14-17(4)25(40)39-22-13-16(3)11-20(30)24(22)42-9-8-37-28(33)34/h5,10-14,35H,1,4,6-9,29-30H2,2-3H3,(H,38,41)(H,39,40)(H4,31,32,36)(H4,33,34,37)/b18-14+. The summed E-state index contributed by atoms with van der Waals surface area (Å²) in [6.07, 6.45) is 2.67. The number of guanidine groups is 2. The first-order chi connectivity index (χ1) is 19.8. The van der Waals surface area contributed by atoms with Gasteiger partial charge in [-0.2, -0.15) is 0 Å². The average molecular weight is 594 g/mol. The smallest absolute Gasteiger partial charge is 0.255 e. The first-order valence-electron chi connectivity index (χ1n) is 12.8. The summed E-state index contributed by atoms with van der Waals surface area (Å²) in [5.74, 6) is -0.556. The summed E-state index contributed by atoms with van der Waals surface area (Å²) in [5.41, 5.74) is 38.1. The van der Waals surface area contributed by atoms with Crippen molar-refractivity contribution in [3.63, 3.8) is 0 Å². The maximum Gasteiger partial charge on any atom is 0.255 e. The van der Waals surface area contributed by atoms with Crippen LogP contribution in [0.4, 0.5) is 28.4 Å². The summed E-state index contributed by atoms with van der Waals surface area (Å²) in [6.45, 7) is 12.3. The van der Waals surface area contributed by atoms with Gasteiger partial charge in [0.05, 0.1) is 40.7 Å². The van der Waals surface area contributed by atoms with Crippen LogP contribution in [0.3, 0.4) is 0 Å². The maximum atomic E-state index is 13.2. The fourth-order valence-electron chi connectivity index (χ4n) is 3.72. The third-order valence-electron chi connectivity index (χ3n) is 5.52. The van der Waals surface area contributed by atoms with Gasteiger partial charge in [-0.3, -0.25) is 19.6 Å². The Morgan fingerprint density at radius 3 is 2.07 bits per heavy atom. The van der Waals surface area contributed by atoms with Crippen molar-refractivity contribution in [3.8, 4) is 0 Å². The number of aryl methyl sites for hydroxylation is 2. The Kier molecular flexibility index (Phi) is 12.3. The number of hydrogen-bond acceptors (Lipinski definition) is 8. The van der Waals surface area contributed by atoms with Crippen LogP contribution in [0, 0.1) is 13.8 Å². The summed E-state index contributed by atoms with van der Waals surface area (Å²) in [7, 11) is 0. The molecular formula is C28H39N11O2S. The highest BCUT2D eigenvalue weighted by molar-refractivity contribution is 7.99. The molecule has 14 heteroatoms. The quantitative estimate of drug-likeness (QED) is 0.0292. The molecule has 0 heterocycles. The summed E-state index contributed by atoms with van der Waals surface area (Å²) in [4.78, 5) is 34.8. The Hall–Kier alpha value is -5.11. The topological polar surface area (TPSA) is 251 Å². The third kappa shape index (κ3) is 10.1. The van der Waals surface area contributed by atoms with Gasteiger partial charge in [0, 0.05) is 29.1 Å². The number of amides is 2. The Labute approximate surface area is 249 Å². The van der Waals surface area contributed by atoms with Crippen molar-refractivity contribution in [1.29, 1.82) is 0 Å². The number of nitrogens with two attached hydrogens (primary N) is 6. The number of aliphatic imine (C=N–C) groups is 2. The minimum Gasteiger partial charge on any atom is -0.398 e. The third-order valence-corrected chi connectivity index (χ3v) is 6.65. The second kappa shape index (κ2) is 15.6. The van der Waals surface area contributed by atoms with E-state index >= 15 is 0 Å². The van der Waals surface area contributed by atoms with Crippen LogP contribution < -0.4 is 50.4 Å². The highest BCUT2D eigenvalue weighted by Gasteiger charge is 2.16. The number of anilines is 5. The lowest BCUT2D eigenvalue weighted by atomic mass is 10.1. The van der Waals surface area contributed by atoms with Crippen LogP contribution >= 0.6 is 11.8 Å². The minimum absolute atomic E-state index is 0.00708. The fourth-order valence-corrected chi connectivity index (χ4v) is 4.60. The van der Waals surface area contributed by atoms with E-state index in [1.807, 2.05) is 13.8 Å². The SMILES string of the molecule is C=C/C(=C\C(=C)C(=O)Nc1cc(C)cc(N)c1SCCN=C(N)N)C(=O)Nc1cc(C)cc(N)c1NCCN=C(N)N. The predicted octanol–water partition coefficient (Wildman–Crippen LogP) is 1.76. The van der Waals surface area contributed by atoms with Crippen molar-refractivity contribution >= 4 is 63.9 Å². The van der Waals surface area contributed by atoms with E-state index in [0.717, 1.165) is 11.1 Å². The molecule has 0 unspecified atom stereocenters. The van der Waals surface area contributed by atoms with Crippen molar-refractivity contribution in [3.05, 3.63) is 71.8 Å². The second-order valence-electron chi connectivity index (χ2n) is 9.13. The number of rotatable bonds is 14. The number of nitrogens with one attached hydrogen (secondary N) is 3. The van der Waals surface area contributed by atoms with Gasteiger partial charge < -0.3 is 50.4 Å². The molecule has 13 nitrogen and oxygen atoms in total. The normalized spacial score (nSPS) is 10.8. The maximum absolute atomic E-state index is 13.2. The molecule has 0 bridgehead atoms. The Balaban J connectivity index is 2.22. The van der Waals surface area contributed by atoms with Gasteiger partial charge in [0.1, 0.15) is 0 Å². The van der Waals surface area contributed by atoms with Crippen molar-refractivity contribution in [2.45, 2.75) is 18.7 Å². The van der Waals surface area contributed by atoms with Crippen molar-refractivity contribution in [2.24, 2.45) is 32.9 Å². The van der Waals surface area contributed by atoms with Crippen LogP contribution in [0.15, 0.2) is 75.6 Å². The lowest BCUT2D eigenvalue weighted by Crippen LogP contribution is -2.24. The molecular weight excluding hydrogens is 554 g/mol. The second-order valence-corrected chi connectivity index (χ2v) is 10.2. The molecule has 15 N–H and O–H groups in total. The molecule has 2 rings (SSSR count). The molecule has 0 aliphatic rings. The molecule has 0 saturated heterocycles. The molecule has 0 aliphatic carbocycles. The van der Waals surface area contributed by atoms with E-state index in [-0.39, 0.29) is 23.1 Å². The number of thioether (sulfide) groups is 1. The zero-order chi connectivity index (χ0) is 31.4. The van der Waals surface area contributed by atoms with Gasteiger partial charge in [-0.1, -0.05) is 19.2 Å². The van der Waals surface area contributed by atoms with Gasteiger partial charge in [0.25, 0.3) is 11.8 Å². The molecule has 0 aliphatic heterocycles. The van der Waals surface area contributed by atoms with E-state index in [4.69, 9.17) is 34.4 Å². The van der Waals surface area contributed by atoms with Gasteiger partial charge in [0.2, 0.25) is 0 Å². The molecule has 0 radical (unpaired) electrons. The molecule has 42 heavy (non-hydrogen) atoms. The average Bonchev–Trinajstić information content (AvgIpc) is 2.89. The highest BCUT2D eigenvalue weighted by Crippen LogP contribution is 2.35. The zero-order valence-corrected chi connectivity index (χ0v) is 24.6. The van der Waals surface area contributed by atoms with Crippen LogP contribution in [0.2, 0.25) is 0 Å². The van der Waals surface area contributed by atoms with Gasteiger partial charge in [-0.05, 0) is 55.3 Å². The monoisotopic (exact) mass is 593 g/mol. The summed E-state index contributed by atoms with van der Waals surface area (Å²) in [6, 6.07) is 7.11. The molecule has 0 atom stereocenters. The fraction of sp³-hybridized carbons (Fsp3) is 0.214. The molecule has 224 valence electrons. The van der Waals surface area contributed by atoms with Crippen LogP contribution in [-0.4, -0.2) is 49.1 Å². The number of carbonyl (C=O) groups excluding carboxylic acids is 2. The predicted molar refractivity (Wildman–Crippen MR) is 176 cm³/mol. The van der Waals surface area contributed by atoms with E-state index in [2.05, 4.69) is 39.1 Å². The van der Waals surface area contributed by atoms with E-state index in [1.54, 1.807) is 24.3 Å². The Bertz CT molecular complexity index is 1440. The number of carbonyl (C=O) groups is 2. The first kappa shape index (κ1) is 33.1. The van der Waals surface area contributed by atoms with Crippen molar-refractivity contribution in [2.75, 3.05) is 52.8 Å². The Morgan fingerprint density at radius 2 is 1.45 bits per heavy atom. The van der Waals surface area contributed by atoms with E-state index in [9.17, 15) is 9.59 Å². The molecule has 2 amide bonds. The minimum atomic E-state index is -0.528. The number of hydrogen-bond donors (Lipinski definition) is 9. The lowest BCUT2D eigenvalue weighted by molar-refractivity contribution is -0.112. The van der Waals surface area contributed by atoms with Gasteiger partial charge in [-0.15, -0.1) is 11.8 Å². The molecule has 0 fully saturated rings. The van der Waals surface area contributed by atoms with E-state index in [1.165, 1.54) is 23.9 Å². The van der Waals surface area contributed by atoms with Gasteiger partial charge in [0.15, 0.2) is 11.9 Å². The molecule has 0 saturated carbocycles. The van der Waals surface area contributed by atoms with Gasteiger partial charge in [-0.25, -0.2) is 0 Å². The molecule has 0 spiro atoms. The summed E-state index contributed by atoms with van der Waals surface area (Å²) < 4.78 is 0. The lowest BCUT2D eigenvalue weighted by Gasteiger charge is -2.17. The number of nitrogens with zero attached hydrogens (tertiary/aromatic N) is 2. The van der Waals surface area contributed by atoms with Crippen LogP contribution in [0.5, 0.6) is 0 Å². The van der Waals surface area contributed by atoms with Crippen molar-refractivity contribution < 1.29 is 9.59 Å². The van der Waals surface area contributed by atoms with E-state index in [0.29, 0.717) is 58.7 Å². The number of nitrogen functional groups attached to an aromatic ring is 2. The Morgan fingerprint density at radius 1 is 0.881 bits per heavy atom. The molecule has 2 aromatic rings. The van der Waals surface area contributed by atoms with Gasteiger partial charge >= 0.3 is 0 Å². The largest absolute Gasteiger partial charge is 0.398 e. The number of benzene rings is 2. The summed E-state index contributed by atoms with van der Waals surface area (Å²) >= 11 is 1.40.